The minimum Gasteiger partial charge on any atom is -0.332 e. The Kier molecular flexibility index (Phi) is 7.77. The van der Waals surface area contributed by atoms with E-state index in [9.17, 15) is 13.2 Å². The van der Waals surface area contributed by atoms with Crippen molar-refractivity contribution in [2.75, 3.05) is 36.7 Å². The molecule has 4 rings (SSSR count). The van der Waals surface area contributed by atoms with Gasteiger partial charge < -0.3 is 4.90 Å². The van der Waals surface area contributed by atoms with Crippen LogP contribution in [0.15, 0.2) is 67.0 Å². The van der Waals surface area contributed by atoms with E-state index in [1.807, 2.05) is 49.4 Å². The van der Waals surface area contributed by atoms with Gasteiger partial charge in [-0.1, -0.05) is 48.5 Å². The summed E-state index contributed by atoms with van der Waals surface area (Å²) in [5.41, 5.74) is 3.58. The number of aromatic nitrogens is 2. The van der Waals surface area contributed by atoms with Crippen LogP contribution < -0.4 is 4.31 Å². The zero-order valence-electron chi connectivity index (χ0n) is 20.2. The first-order valence-electron chi connectivity index (χ1n) is 11.7. The normalized spacial score (nSPS) is 15.8. The second-order valence-corrected chi connectivity index (χ2v) is 10.8. The van der Waals surface area contributed by atoms with Crippen molar-refractivity contribution in [2.45, 2.75) is 26.4 Å². The topological polar surface area (TPSA) is 86.7 Å². The van der Waals surface area contributed by atoms with Crippen molar-refractivity contribution in [3.05, 3.63) is 89.5 Å². The van der Waals surface area contributed by atoms with E-state index in [0.717, 1.165) is 17.8 Å². The maximum absolute atomic E-state index is 13.5. The summed E-state index contributed by atoms with van der Waals surface area (Å²) in [4.78, 5) is 26.0. The molecule has 35 heavy (non-hydrogen) atoms. The SMILES string of the molecule is Cc1cnc(C(=O)N2CCN(Cc3ccccc3)CCCN(S(C)(=O)=O)c3ccccc3C2)cn1. The predicted octanol–water partition coefficient (Wildman–Crippen LogP) is 3.10. The molecule has 0 radical (unpaired) electrons. The van der Waals surface area contributed by atoms with Gasteiger partial charge in [0.25, 0.3) is 5.91 Å². The van der Waals surface area contributed by atoms with Crippen molar-refractivity contribution >= 4 is 21.6 Å². The molecule has 8 nitrogen and oxygen atoms in total. The van der Waals surface area contributed by atoms with Crippen LogP contribution in [-0.4, -0.2) is 66.5 Å². The number of rotatable bonds is 4. The van der Waals surface area contributed by atoms with Gasteiger partial charge in [-0.3, -0.25) is 19.0 Å². The van der Waals surface area contributed by atoms with E-state index < -0.39 is 10.0 Å². The molecule has 0 aliphatic carbocycles. The predicted molar refractivity (Wildman–Crippen MR) is 136 cm³/mol. The Hall–Kier alpha value is -3.30. The number of aryl methyl sites for hydroxylation is 1. The summed E-state index contributed by atoms with van der Waals surface area (Å²) in [5.74, 6) is -0.225. The molecule has 184 valence electrons. The lowest BCUT2D eigenvalue weighted by atomic mass is 10.1. The highest BCUT2D eigenvalue weighted by Gasteiger charge is 2.25. The summed E-state index contributed by atoms with van der Waals surface area (Å²) in [6, 6.07) is 17.6. The number of amides is 1. The number of benzene rings is 2. The van der Waals surface area contributed by atoms with Crippen molar-refractivity contribution in [2.24, 2.45) is 0 Å². The van der Waals surface area contributed by atoms with Gasteiger partial charge in [-0.15, -0.1) is 0 Å². The fourth-order valence-electron chi connectivity index (χ4n) is 4.29. The molecule has 0 N–H and O–H groups in total. The van der Waals surface area contributed by atoms with E-state index in [1.165, 1.54) is 22.3 Å². The van der Waals surface area contributed by atoms with E-state index in [-0.39, 0.29) is 18.1 Å². The van der Waals surface area contributed by atoms with Crippen molar-refractivity contribution in [3.63, 3.8) is 0 Å². The number of hydrogen-bond acceptors (Lipinski definition) is 6. The quantitative estimate of drug-likeness (QED) is 0.555. The maximum atomic E-state index is 13.5. The van der Waals surface area contributed by atoms with Gasteiger partial charge in [-0.2, -0.15) is 0 Å². The highest BCUT2D eigenvalue weighted by Crippen LogP contribution is 2.26. The van der Waals surface area contributed by atoms with Crippen LogP contribution in [0.1, 0.15) is 33.7 Å². The van der Waals surface area contributed by atoms with Gasteiger partial charge in [0, 0.05) is 45.5 Å². The van der Waals surface area contributed by atoms with Gasteiger partial charge >= 0.3 is 0 Å². The van der Waals surface area contributed by atoms with Crippen LogP contribution in [-0.2, 0) is 23.1 Å². The van der Waals surface area contributed by atoms with E-state index in [4.69, 9.17) is 0 Å². The minimum atomic E-state index is -3.50. The Bertz CT molecular complexity index is 1250. The summed E-state index contributed by atoms with van der Waals surface area (Å²) in [6.07, 6.45) is 4.99. The zero-order chi connectivity index (χ0) is 24.8. The summed E-state index contributed by atoms with van der Waals surface area (Å²) >= 11 is 0. The lowest BCUT2D eigenvalue weighted by molar-refractivity contribution is 0.0713. The Morgan fingerprint density at radius 3 is 2.37 bits per heavy atom. The summed E-state index contributed by atoms with van der Waals surface area (Å²) in [6.45, 7) is 5.03. The van der Waals surface area contributed by atoms with Crippen molar-refractivity contribution in [1.29, 1.82) is 0 Å². The second kappa shape index (κ2) is 11.0. The van der Waals surface area contributed by atoms with E-state index in [1.54, 1.807) is 11.1 Å². The monoisotopic (exact) mass is 493 g/mol. The molecule has 2 heterocycles. The number of hydrogen-bond donors (Lipinski definition) is 0. The largest absolute Gasteiger partial charge is 0.332 e. The highest BCUT2D eigenvalue weighted by atomic mass is 32.2. The zero-order valence-corrected chi connectivity index (χ0v) is 21.0. The second-order valence-electron chi connectivity index (χ2n) is 8.85. The smallest absolute Gasteiger partial charge is 0.274 e. The Morgan fingerprint density at radius 1 is 0.914 bits per heavy atom. The van der Waals surface area contributed by atoms with Crippen LogP contribution in [0.3, 0.4) is 0 Å². The number of fused-ring (bicyclic) bond motifs is 1. The fraction of sp³-hybridized carbons (Fsp3) is 0.346. The first-order chi connectivity index (χ1) is 16.8. The molecule has 0 fully saturated rings. The van der Waals surface area contributed by atoms with Gasteiger partial charge in [-0.25, -0.2) is 13.4 Å². The molecule has 2 aromatic carbocycles. The summed E-state index contributed by atoms with van der Waals surface area (Å²) < 4.78 is 27.0. The Labute approximate surface area is 207 Å². The maximum Gasteiger partial charge on any atom is 0.274 e. The Balaban J connectivity index is 1.69. The van der Waals surface area contributed by atoms with Crippen LogP contribution >= 0.6 is 0 Å². The molecule has 9 heteroatoms. The molecule has 0 spiro atoms. The average molecular weight is 494 g/mol. The lowest BCUT2D eigenvalue weighted by Gasteiger charge is -2.28. The first kappa shape index (κ1) is 24.8. The molecule has 0 atom stereocenters. The fourth-order valence-corrected chi connectivity index (χ4v) is 5.28. The molecule has 1 amide bonds. The lowest BCUT2D eigenvalue weighted by Crippen LogP contribution is -2.39. The Morgan fingerprint density at radius 2 is 1.66 bits per heavy atom. The standard InChI is InChI=1S/C26H31N5O3S/c1-21-17-28-24(18-27-21)26(32)30-16-15-29(19-22-9-4-3-5-10-22)13-8-14-31(35(2,33)34)25-12-7-6-11-23(25)20-30/h3-7,9-12,17-18H,8,13-16,19-20H2,1-2H3. The molecule has 1 aromatic heterocycles. The third-order valence-electron chi connectivity index (χ3n) is 6.08. The number of nitrogens with zero attached hydrogens (tertiary/aromatic N) is 5. The van der Waals surface area contributed by atoms with E-state index >= 15 is 0 Å². The minimum absolute atomic E-state index is 0.225. The number of carbonyl (C=O) groups is 1. The van der Waals surface area contributed by atoms with Crippen LogP contribution in [0.5, 0.6) is 0 Å². The van der Waals surface area contributed by atoms with Crippen LogP contribution in [0.25, 0.3) is 0 Å². The van der Waals surface area contributed by atoms with Crippen LogP contribution in [0.2, 0.25) is 0 Å². The third kappa shape index (κ3) is 6.43. The number of anilines is 1. The average Bonchev–Trinajstić information content (AvgIpc) is 2.87. The molecule has 3 aromatic rings. The van der Waals surface area contributed by atoms with Crippen molar-refractivity contribution < 1.29 is 13.2 Å². The first-order valence-corrected chi connectivity index (χ1v) is 13.6. The van der Waals surface area contributed by atoms with Gasteiger partial charge in [0.1, 0.15) is 5.69 Å². The number of sulfonamides is 1. The molecule has 0 bridgehead atoms. The van der Waals surface area contributed by atoms with Gasteiger partial charge in [0.15, 0.2) is 0 Å². The van der Waals surface area contributed by atoms with Gasteiger partial charge in [0.05, 0.1) is 23.8 Å². The summed E-state index contributed by atoms with van der Waals surface area (Å²) in [7, 11) is -3.50. The molecule has 0 saturated carbocycles. The molecular formula is C26H31N5O3S. The van der Waals surface area contributed by atoms with Crippen molar-refractivity contribution in [3.8, 4) is 0 Å². The highest BCUT2D eigenvalue weighted by molar-refractivity contribution is 7.92. The molecule has 0 saturated heterocycles. The van der Waals surface area contributed by atoms with Gasteiger partial charge in [0.2, 0.25) is 10.0 Å². The van der Waals surface area contributed by atoms with Crippen molar-refractivity contribution in [1.82, 2.24) is 19.8 Å². The molecular weight excluding hydrogens is 462 g/mol. The van der Waals surface area contributed by atoms with E-state index in [0.29, 0.717) is 38.3 Å². The molecule has 1 aliphatic heterocycles. The molecule has 1 aliphatic rings. The van der Waals surface area contributed by atoms with E-state index in [2.05, 4.69) is 27.0 Å². The number of carbonyl (C=O) groups excluding carboxylic acids is 1. The molecule has 0 unspecified atom stereocenters. The third-order valence-corrected chi connectivity index (χ3v) is 7.26. The summed E-state index contributed by atoms with van der Waals surface area (Å²) in [5, 5.41) is 0. The van der Waals surface area contributed by atoms with Crippen LogP contribution in [0, 0.1) is 6.92 Å². The number of para-hydroxylation sites is 1. The van der Waals surface area contributed by atoms with Gasteiger partial charge in [-0.05, 0) is 30.5 Å². The van der Waals surface area contributed by atoms with Crippen LogP contribution in [0.4, 0.5) is 5.69 Å².